The summed E-state index contributed by atoms with van der Waals surface area (Å²) in [5.74, 6) is 1.17. The van der Waals surface area contributed by atoms with Crippen molar-refractivity contribution in [2.45, 2.75) is 19.6 Å². The van der Waals surface area contributed by atoms with Crippen molar-refractivity contribution in [3.05, 3.63) is 78.1 Å². The molecule has 0 spiro atoms. The number of para-hydroxylation sites is 1. The van der Waals surface area contributed by atoms with Crippen molar-refractivity contribution in [2.24, 2.45) is 0 Å². The third-order valence-electron chi connectivity index (χ3n) is 4.59. The third kappa shape index (κ3) is 4.43. The molecule has 0 saturated carbocycles. The molecule has 0 bridgehead atoms. The maximum absolute atomic E-state index is 12.5. The number of benzene rings is 2. The number of tetrazole rings is 1. The molecule has 7 heteroatoms. The predicted molar refractivity (Wildman–Crippen MR) is 104 cm³/mol. The SMILES string of the molecule is O=C(Cn1nnc(COc2ccccc2)n1)N1CC=C(c2ccccc2)CC1. The topological polar surface area (TPSA) is 73.1 Å². The average Bonchev–Trinajstić information content (AvgIpc) is 3.21. The molecule has 1 amide bonds. The van der Waals surface area contributed by atoms with Crippen LogP contribution in [0.15, 0.2) is 66.7 Å². The quantitative estimate of drug-likeness (QED) is 0.662. The van der Waals surface area contributed by atoms with Gasteiger partial charge in [-0.3, -0.25) is 4.79 Å². The smallest absolute Gasteiger partial charge is 0.246 e. The van der Waals surface area contributed by atoms with Gasteiger partial charge in [0.1, 0.15) is 12.3 Å². The Morgan fingerprint density at radius 3 is 2.50 bits per heavy atom. The van der Waals surface area contributed by atoms with Gasteiger partial charge in [0.25, 0.3) is 0 Å². The molecular formula is C21H21N5O2. The Labute approximate surface area is 163 Å². The molecule has 0 unspecified atom stereocenters. The molecule has 3 aromatic rings. The summed E-state index contributed by atoms with van der Waals surface area (Å²) in [5, 5.41) is 12.1. The Morgan fingerprint density at radius 2 is 1.79 bits per heavy atom. The number of nitrogens with zero attached hydrogens (tertiary/aromatic N) is 5. The number of amides is 1. The van der Waals surface area contributed by atoms with E-state index in [1.165, 1.54) is 15.9 Å². The van der Waals surface area contributed by atoms with Crippen molar-refractivity contribution in [2.75, 3.05) is 13.1 Å². The molecule has 142 valence electrons. The summed E-state index contributed by atoms with van der Waals surface area (Å²) in [6.07, 6.45) is 2.96. The van der Waals surface area contributed by atoms with Gasteiger partial charge in [-0.25, -0.2) is 0 Å². The summed E-state index contributed by atoms with van der Waals surface area (Å²) < 4.78 is 5.60. The first-order valence-electron chi connectivity index (χ1n) is 9.25. The highest BCUT2D eigenvalue weighted by Gasteiger charge is 2.19. The molecule has 1 aromatic heterocycles. The van der Waals surface area contributed by atoms with Crippen LogP contribution in [0.1, 0.15) is 17.8 Å². The van der Waals surface area contributed by atoms with Gasteiger partial charge in [-0.15, -0.1) is 10.2 Å². The highest BCUT2D eigenvalue weighted by atomic mass is 16.5. The Balaban J connectivity index is 1.30. The summed E-state index contributed by atoms with van der Waals surface area (Å²) in [6.45, 7) is 1.58. The first-order valence-corrected chi connectivity index (χ1v) is 9.25. The predicted octanol–water partition coefficient (Wildman–Crippen LogP) is 2.57. The van der Waals surface area contributed by atoms with E-state index in [4.69, 9.17) is 4.74 Å². The summed E-state index contributed by atoms with van der Waals surface area (Å²) in [5.41, 5.74) is 2.50. The Kier molecular flexibility index (Phi) is 5.42. The van der Waals surface area contributed by atoms with E-state index in [9.17, 15) is 4.79 Å². The molecule has 2 heterocycles. The summed E-state index contributed by atoms with van der Waals surface area (Å²) in [7, 11) is 0. The number of aromatic nitrogens is 4. The van der Waals surface area contributed by atoms with Gasteiger partial charge in [0.2, 0.25) is 11.7 Å². The Bertz CT molecular complexity index is 953. The highest BCUT2D eigenvalue weighted by Crippen LogP contribution is 2.22. The van der Waals surface area contributed by atoms with Gasteiger partial charge in [0.05, 0.1) is 0 Å². The van der Waals surface area contributed by atoms with Crippen LogP contribution in [0.2, 0.25) is 0 Å². The van der Waals surface area contributed by atoms with E-state index in [2.05, 4.69) is 33.6 Å². The fourth-order valence-corrected chi connectivity index (χ4v) is 3.10. The van der Waals surface area contributed by atoms with E-state index < -0.39 is 0 Å². The van der Waals surface area contributed by atoms with Crippen LogP contribution in [0.25, 0.3) is 5.57 Å². The molecule has 7 nitrogen and oxygen atoms in total. The zero-order valence-corrected chi connectivity index (χ0v) is 15.4. The number of hydrogen-bond donors (Lipinski definition) is 0. The second-order valence-corrected chi connectivity index (χ2v) is 6.52. The van der Waals surface area contributed by atoms with Crippen LogP contribution in [0.5, 0.6) is 5.75 Å². The van der Waals surface area contributed by atoms with Crippen LogP contribution in [-0.2, 0) is 17.9 Å². The van der Waals surface area contributed by atoms with Crippen molar-refractivity contribution in [1.29, 1.82) is 0 Å². The standard InChI is InChI=1S/C21H21N5O2/c27-21(25-13-11-18(12-14-25)17-7-3-1-4-8-17)15-26-23-20(22-24-26)16-28-19-9-5-2-6-10-19/h1-11H,12-16H2. The Morgan fingerprint density at radius 1 is 1.04 bits per heavy atom. The molecule has 2 aromatic carbocycles. The highest BCUT2D eigenvalue weighted by molar-refractivity contribution is 5.78. The number of carbonyl (C=O) groups is 1. The van der Waals surface area contributed by atoms with Crippen molar-refractivity contribution < 1.29 is 9.53 Å². The number of hydrogen-bond acceptors (Lipinski definition) is 5. The largest absolute Gasteiger partial charge is 0.485 e. The van der Waals surface area contributed by atoms with Gasteiger partial charge >= 0.3 is 0 Å². The maximum Gasteiger partial charge on any atom is 0.246 e. The lowest BCUT2D eigenvalue weighted by atomic mass is 9.99. The van der Waals surface area contributed by atoms with Crippen LogP contribution in [0.3, 0.4) is 0 Å². The minimum Gasteiger partial charge on any atom is -0.485 e. The fraction of sp³-hybridized carbons (Fsp3) is 0.238. The van der Waals surface area contributed by atoms with Crippen molar-refractivity contribution in [3.63, 3.8) is 0 Å². The van der Waals surface area contributed by atoms with Gasteiger partial charge in [-0.2, -0.15) is 4.80 Å². The first-order chi connectivity index (χ1) is 13.8. The molecule has 4 rings (SSSR count). The normalized spacial score (nSPS) is 13.9. The molecule has 0 N–H and O–H groups in total. The van der Waals surface area contributed by atoms with E-state index in [0.29, 0.717) is 18.9 Å². The average molecular weight is 375 g/mol. The lowest BCUT2D eigenvalue weighted by Gasteiger charge is -2.26. The summed E-state index contributed by atoms with van der Waals surface area (Å²) in [4.78, 5) is 15.7. The summed E-state index contributed by atoms with van der Waals surface area (Å²) in [6, 6.07) is 19.7. The lowest BCUT2D eigenvalue weighted by Crippen LogP contribution is -2.37. The second-order valence-electron chi connectivity index (χ2n) is 6.52. The zero-order chi connectivity index (χ0) is 19.2. The van der Waals surface area contributed by atoms with Crippen LogP contribution in [0, 0.1) is 0 Å². The van der Waals surface area contributed by atoms with Gasteiger partial charge < -0.3 is 9.64 Å². The van der Waals surface area contributed by atoms with Crippen LogP contribution >= 0.6 is 0 Å². The molecule has 0 fully saturated rings. The van der Waals surface area contributed by atoms with E-state index in [-0.39, 0.29) is 19.1 Å². The van der Waals surface area contributed by atoms with E-state index in [1.54, 1.807) is 0 Å². The minimum atomic E-state index is -0.0173. The number of rotatable bonds is 6. The van der Waals surface area contributed by atoms with Gasteiger partial charge in [-0.1, -0.05) is 54.6 Å². The first kappa shape index (κ1) is 17.9. The number of carbonyl (C=O) groups excluding carboxylic acids is 1. The molecule has 1 aliphatic heterocycles. The van der Waals surface area contributed by atoms with Gasteiger partial charge in [-0.05, 0) is 34.9 Å². The van der Waals surface area contributed by atoms with E-state index >= 15 is 0 Å². The Hall–Kier alpha value is -3.48. The van der Waals surface area contributed by atoms with E-state index in [0.717, 1.165) is 12.2 Å². The molecular weight excluding hydrogens is 354 g/mol. The molecule has 28 heavy (non-hydrogen) atoms. The monoisotopic (exact) mass is 375 g/mol. The van der Waals surface area contributed by atoms with Gasteiger partial charge in [0.15, 0.2) is 6.61 Å². The van der Waals surface area contributed by atoms with Crippen LogP contribution in [-0.4, -0.2) is 44.1 Å². The fourth-order valence-electron chi connectivity index (χ4n) is 3.10. The van der Waals surface area contributed by atoms with Crippen molar-refractivity contribution in [3.8, 4) is 5.75 Å². The maximum atomic E-state index is 12.5. The van der Waals surface area contributed by atoms with Crippen LogP contribution < -0.4 is 4.74 Å². The third-order valence-corrected chi connectivity index (χ3v) is 4.59. The second kappa shape index (κ2) is 8.47. The van der Waals surface area contributed by atoms with E-state index in [1.807, 2.05) is 53.4 Å². The molecule has 0 saturated heterocycles. The van der Waals surface area contributed by atoms with Crippen molar-refractivity contribution >= 4 is 11.5 Å². The van der Waals surface area contributed by atoms with Crippen molar-refractivity contribution in [1.82, 2.24) is 25.1 Å². The van der Waals surface area contributed by atoms with Gasteiger partial charge in [0, 0.05) is 13.1 Å². The molecule has 0 aliphatic carbocycles. The minimum absolute atomic E-state index is 0.0173. The van der Waals surface area contributed by atoms with Crippen LogP contribution in [0.4, 0.5) is 0 Å². The molecule has 0 radical (unpaired) electrons. The number of ether oxygens (including phenoxy) is 1. The zero-order valence-electron chi connectivity index (χ0n) is 15.4. The molecule has 1 aliphatic rings. The lowest BCUT2D eigenvalue weighted by molar-refractivity contribution is -0.131. The summed E-state index contributed by atoms with van der Waals surface area (Å²) >= 11 is 0. The molecule has 0 atom stereocenters.